The minimum Gasteiger partial charge on any atom is -0.369 e. The molecular formula is C9H14Cl2N4. The van der Waals surface area contributed by atoms with Gasteiger partial charge < -0.3 is 10.7 Å². The van der Waals surface area contributed by atoms with Gasteiger partial charge in [-0.25, -0.2) is 10.8 Å². The Morgan fingerprint density at radius 3 is 2.60 bits per heavy atom. The first kappa shape index (κ1) is 12.4. The van der Waals surface area contributed by atoms with Gasteiger partial charge in [-0.05, 0) is 12.5 Å². The Bertz CT molecular complexity index is 330. The largest absolute Gasteiger partial charge is 0.369 e. The first-order chi connectivity index (χ1) is 7.19. The summed E-state index contributed by atoms with van der Waals surface area (Å²) in [5.41, 5.74) is 2.41. The first-order valence-electron chi connectivity index (χ1n) is 4.75. The summed E-state index contributed by atoms with van der Waals surface area (Å²) in [6.45, 7) is 2.94. The zero-order chi connectivity index (χ0) is 11.3. The van der Waals surface area contributed by atoms with Gasteiger partial charge in [-0.3, -0.25) is 0 Å². The molecule has 6 heteroatoms. The van der Waals surface area contributed by atoms with Crippen LogP contribution in [0, 0.1) is 0 Å². The second kappa shape index (κ2) is 6.00. The molecule has 0 saturated carbocycles. The van der Waals surface area contributed by atoms with Crippen molar-refractivity contribution in [2.45, 2.75) is 19.8 Å². The van der Waals surface area contributed by atoms with Crippen LogP contribution in [-0.2, 0) is 0 Å². The molecule has 1 aromatic rings. The fourth-order valence-electron chi connectivity index (χ4n) is 1.08. The molecule has 0 aromatic carbocycles. The number of rotatable bonds is 5. The molecule has 0 atom stereocenters. The molecule has 0 radical (unpaired) electrons. The number of nitrogens with two attached hydrogens (primary N) is 1. The van der Waals surface area contributed by atoms with Crippen molar-refractivity contribution in [1.82, 2.24) is 4.98 Å². The van der Waals surface area contributed by atoms with Crippen LogP contribution in [0.2, 0.25) is 10.0 Å². The fourth-order valence-corrected chi connectivity index (χ4v) is 1.56. The van der Waals surface area contributed by atoms with Gasteiger partial charge in [0.15, 0.2) is 5.82 Å². The lowest BCUT2D eigenvalue weighted by molar-refractivity contribution is 0.831. The van der Waals surface area contributed by atoms with E-state index in [2.05, 4.69) is 22.7 Å². The zero-order valence-corrected chi connectivity index (χ0v) is 9.99. The number of pyridine rings is 1. The third-order valence-corrected chi connectivity index (χ3v) is 2.47. The van der Waals surface area contributed by atoms with Gasteiger partial charge in [0.1, 0.15) is 5.82 Å². The molecule has 0 saturated heterocycles. The lowest BCUT2D eigenvalue weighted by atomic mass is 10.3. The summed E-state index contributed by atoms with van der Waals surface area (Å²) < 4.78 is 0. The highest BCUT2D eigenvalue weighted by molar-refractivity contribution is 6.37. The molecule has 15 heavy (non-hydrogen) atoms. The van der Waals surface area contributed by atoms with E-state index in [1.807, 2.05) is 0 Å². The van der Waals surface area contributed by atoms with E-state index in [1.54, 1.807) is 6.07 Å². The van der Waals surface area contributed by atoms with E-state index in [1.165, 1.54) is 0 Å². The number of hydrogen-bond acceptors (Lipinski definition) is 4. The van der Waals surface area contributed by atoms with Crippen LogP contribution in [0.15, 0.2) is 6.07 Å². The summed E-state index contributed by atoms with van der Waals surface area (Å²) in [5, 5.41) is 4.02. The number of halogens is 2. The molecule has 0 aliphatic rings. The Labute approximate surface area is 99.1 Å². The predicted octanol–water partition coefficient (Wildman–Crippen LogP) is 2.89. The van der Waals surface area contributed by atoms with Crippen molar-refractivity contribution in [2.24, 2.45) is 5.84 Å². The maximum absolute atomic E-state index is 5.96. The molecule has 1 heterocycles. The molecule has 0 aliphatic heterocycles. The number of hydrazine groups is 1. The zero-order valence-electron chi connectivity index (χ0n) is 8.48. The Kier molecular flexibility index (Phi) is 4.94. The Hall–Kier alpha value is -0.710. The van der Waals surface area contributed by atoms with Gasteiger partial charge in [0, 0.05) is 6.54 Å². The third kappa shape index (κ3) is 3.41. The molecule has 1 aromatic heterocycles. The van der Waals surface area contributed by atoms with Crippen LogP contribution in [0.4, 0.5) is 11.6 Å². The van der Waals surface area contributed by atoms with Crippen LogP contribution in [-0.4, -0.2) is 11.5 Å². The van der Waals surface area contributed by atoms with Gasteiger partial charge in [0.25, 0.3) is 0 Å². The monoisotopic (exact) mass is 248 g/mol. The number of unbranched alkanes of at least 4 members (excludes halogenated alkanes) is 1. The van der Waals surface area contributed by atoms with Crippen LogP contribution >= 0.6 is 23.2 Å². The number of aromatic nitrogens is 1. The van der Waals surface area contributed by atoms with Crippen molar-refractivity contribution in [1.29, 1.82) is 0 Å². The van der Waals surface area contributed by atoms with E-state index in [0.717, 1.165) is 19.4 Å². The van der Waals surface area contributed by atoms with Crippen molar-refractivity contribution in [2.75, 3.05) is 17.3 Å². The molecule has 4 nitrogen and oxygen atoms in total. The molecule has 0 spiro atoms. The number of nitrogens with zero attached hydrogens (tertiary/aromatic N) is 1. The second-order valence-electron chi connectivity index (χ2n) is 3.07. The van der Waals surface area contributed by atoms with Crippen LogP contribution in [0.3, 0.4) is 0 Å². The highest BCUT2D eigenvalue weighted by Gasteiger charge is 2.07. The number of anilines is 2. The number of nitrogen functional groups attached to an aromatic ring is 1. The Morgan fingerprint density at radius 2 is 2.00 bits per heavy atom. The van der Waals surface area contributed by atoms with Crippen molar-refractivity contribution in [3.63, 3.8) is 0 Å². The molecule has 4 N–H and O–H groups in total. The average molecular weight is 249 g/mol. The Morgan fingerprint density at radius 1 is 1.33 bits per heavy atom. The minimum atomic E-state index is 0.406. The SMILES string of the molecule is CCCCNc1nc(NN)c(Cl)cc1Cl. The topological polar surface area (TPSA) is 63.0 Å². The first-order valence-corrected chi connectivity index (χ1v) is 5.51. The van der Waals surface area contributed by atoms with Crippen LogP contribution in [0.1, 0.15) is 19.8 Å². The van der Waals surface area contributed by atoms with E-state index in [9.17, 15) is 0 Å². The smallest absolute Gasteiger partial charge is 0.161 e. The lowest BCUT2D eigenvalue weighted by Gasteiger charge is -2.09. The lowest BCUT2D eigenvalue weighted by Crippen LogP contribution is -2.11. The molecule has 0 aliphatic carbocycles. The summed E-state index contributed by atoms with van der Waals surface area (Å²) in [7, 11) is 0. The van der Waals surface area contributed by atoms with Crippen LogP contribution in [0.25, 0.3) is 0 Å². The molecule has 0 fully saturated rings. The van der Waals surface area contributed by atoms with E-state index < -0.39 is 0 Å². The van der Waals surface area contributed by atoms with Crippen molar-refractivity contribution >= 4 is 34.8 Å². The minimum absolute atomic E-state index is 0.406. The number of nitrogens with one attached hydrogen (secondary N) is 2. The molecule has 0 bridgehead atoms. The van der Waals surface area contributed by atoms with Crippen molar-refractivity contribution in [3.8, 4) is 0 Å². The van der Waals surface area contributed by atoms with E-state index >= 15 is 0 Å². The summed E-state index contributed by atoms with van der Waals surface area (Å²) in [5.74, 6) is 6.27. The van der Waals surface area contributed by atoms with Crippen LogP contribution in [0.5, 0.6) is 0 Å². The standard InChI is InChI=1S/C9H14Cl2N4/c1-2-3-4-13-8-6(10)5-7(11)9(14-8)15-12/h5H,2-4,12H2,1H3,(H2,13,14,15). The Balaban J connectivity index is 2.78. The van der Waals surface area contributed by atoms with E-state index in [0.29, 0.717) is 21.7 Å². The van der Waals surface area contributed by atoms with Crippen molar-refractivity contribution in [3.05, 3.63) is 16.1 Å². The molecule has 0 amide bonds. The maximum atomic E-state index is 5.96. The maximum Gasteiger partial charge on any atom is 0.161 e. The fraction of sp³-hybridized carbons (Fsp3) is 0.444. The highest BCUT2D eigenvalue weighted by atomic mass is 35.5. The van der Waals surface area contributed by atoms with E-state index in [4.69, 9.17) is 29.0 Å². The van der Waals surface area contributed by atoms with Gasteiger partial charge >= 0.3 is 0 Å². The molecular weight excluding hydrogens is 235 g/mol. The van der Waals surface area contributed by atoms with Gasteiger partial charge in [-0.2, -0.15) is 0 Å². The van der Waals surface area contributed by atoms with E-state index in [-0.39, 0.29) is 0 Å². The number of hydrogen-bond donors (Lipinski definition) is 3. The van der Waals surface area contributed by atoms with Gasteiger partial charge in [-0.1, -0.05) is 36.5 Å². The molecule has 1 rings (SSSR count). The van der Waals surface area contributed by atoms with Gasteiger partial charge in [0.2, 0.25) is 0 Å². The quantitative estimate of drug-likeness (QED) is 0.426. The third-order valence-electron chi connectivity index (χ3n) is 1.89. The summed E-state index contributed by atoms with van der Waals surface area (Å²) >= 11 is 11.8. The van der Waals surface area contributed by atoms with Crippen molar-refractivity contribution < 1.29 is 0 Å². The molecule has 84 valence electrons. The predicted molar refractivity (Wildman–Crippen MR) is 65.5 cm³/mol. The normalized spacial score (nSPS) is 10.1. The average Bonchev–Trinajstić information content (AvgIpc) is 2.21. The molecule has 0 unspecified atom stereocenters. The summed E-state index contributed by atoms with van der Waals surface area (Å²) in [6.07, 6.45) is 2.17. The summed E-state index contributed by atoms with van der Waals surface area (Å²) in [6, 6.07) is 1.61. The second-order valence-corrected chi connectivity index (χ2v) is 3.89. The van der Waals surface area contributed by atoms with Gasteiger partial charge in [0.05, 0.1) is 10.0 Å². The van der Waals surface area contributed by atoms with Crippen LogP contribution < -0.4 is 16.6 Å². The summed E-state index contributed by atoms with van der Waals surface area (Å²) in [4.78, 5) is 4.15. The highest BCUT2D eigenvalue weighted by Crippen LogP contribution is 2.28. The van der Waals surface area contributed by atoms with Gasteiger partial charge in [-0.15, -0.1) is 0 Å².